The van der Waals surface area contributed by atoms with Crippen molar-refractivity contribution in [2.45, 2.75) is 9.79 Å². The van der Waals surface area contributed by atoms with Crippen LogP contribution in [0.1, 0.15) is 10.4 Å². The van der Waals surface area contributed by atoms with Crippen LogP contribution in [0, 0.1) is 4.91 Å². The Bertz CT molecular complexity index is 618. The fourth-order valence-corrected chi connectivity index (χ4v) is 2.34. The first-order chi connectivity index (χ1) is 9.20. The molecular formula is C12H8N2O4S. The minimum Gasteiger partial charge on any atom is -0.508 e. The number of rotatable bonds is 4. The van der Waals surface area contributed by atoms with E-state index in [1.165, 1.54) is 30.2 Å². The second kappa shape index (κ2) is 5.96. The third-order valence-corrected chi connectivity index (χ3v) is 3.20. The molecule has 0 saturated carbocycles. The number of benzene rings is 1. The molecule has 0 unspecified atom stereocenters. The van der Waals surface area contributed by atoms with E-state index in [-0.39, 0.29) is 11.3 Å². The first-order valence-electron chi connectivity index (χ1n) is 5.15. The van der Waals surface area contributed by atoms with Crippen LogP contribution in [0.3, 0.4) is 0 Å². The summed E-state index contributed by atoms with van der Waals surface area (Å²) in [5.41, 5.74) is 0.183. The first kappa shape index (κ1) is 13.0. The Labute approximate surface area is 112 Å². The number of carbonyl (C=O) groups excluding carboxylic acids is 1. The highest BCUT2D eigenvalue weighted by Crippen LogP contribution is 2.31. The zero-order valence-electron chi connectivity index (χ0n) is 9.52. The molecule has 0 fully saturated rings. The number of nitrogens with zero attached hydrogens (tertiary/aromatic N) is 2. The molecule has 0 amide bonds. The second-order valence-corrected chi connectivity index (χ2v) is 4.54. The molecule has 0 radical (unpaired) electrons. The predicted molar refractivity (Wildman–Crippen MR) is 67.7 cm³/mol. The molecule has 0 aliphatic rings. The van der Waals surface area contributed by atoms with Crippen molar-refractivity contribution >= 4 is 17.7 Å². The van der Waals surface area contributed by atoms with Gasteiger partial charge >= 0.3 is 5.97 Å². The minimum atomic E-state index is -0.847. The van der Waals surface area contributed by atoms with Gasteiger partial charge in [-0.15, -0.1) is 4.91 Å². The highest BCUT2D eigenvalue weighted by molar-refractivity contribution is 7.99. The van der Waals surface area contributed by atoms with Crippen LogP contribution in [0.25, 0.3) is 0 Å². The standard InChI is InChI=1S/C12H8N2O4S/c15-8-2-1-3-9(6-8)19-11-7-13-5-4-10(11)12(16)18-14-17/h1-7,15H. The van der Waals surface area contributed by atoms with E-state index in [1.54, 1.807) is 24.3 Å². The zero-order chi connectivity index (χ0) is 13.7. The predicted octanol–water partition coefficient (Wildman–Crippen LogP) is 2.78. The quantitative estimate of drug-likeness (QED) is 0.682. The van der Waals surface area contributed by atoms with Crippen LogP contribution in [0.5, 0.6) is 5.75 Å². The maximum atomic E-state index is 11.5. The fraction of sp³-hybridized carbons (Fsp3) is 0. The van der Waals surface area contributed by atoms with Gasteiger partial charge in [-0.2, -0.15) is 0 Å². The number of phenols is 1. The van der Waals surface area contributed by atoms with Gasteiger partial charge in [0.1, 0.15) is 5.75 Å². The maximum absolute atomic E-state index is 11.5. The van der Waals surface area contributed by atoms with Crippen molar-refractivity contribution < 1.29 is 14.7 Å². The molecule has 1 heterocycles. The molecule has 1 aromatic heterocycles. The van der Waals surface area contributed by atoms with E-state index in [2.05, 4.69) is 15.2 Å². The summed E-state index contributed by atoms with van der Waals surface area (Å²) in [6, 6.07) is 7.96. The van der Waals surface area contributed by atoms with E-state index in [9.17, 15) is 14.8 Å². The lowest BCUT2D eigenvalue weighted by Gasteiger charge is -2.05. The SMILES string of the molecule is O=NOC(=O)c1ccncc1Sc1cccc(O)c1. The van der Waals surface area contributed by atoms with Crippen LogP contribution in [0.15, 0.2) is 57.9 Å². The van der Waals surface area contributed by atoms with Gasteiger partial charge in [-0.05, 0) is 24.3 Å². The Morgan fingerprint density at radius 2 is 2.21 bits per heavy atom. The third kappa shape index (κ3) is 3.29. The molecule has 0 spiro atoms. The van der Waals surface area contributed by atoms with E-state index in [0.717, 1.165) is 4.90 Å². The molecule has 0 aliphatic heterocycles. The number of carbonyl (C=O) groups is 1. The molecule has 2 rings (SSSR count). The summed E-state index contributed by atoms with van der Waals surface area (Å²) in [5, 5.41) is 11.5. The molecule has 1 aromatic carbocycles. The van der Waals surface area contributed by atoms with Crippen molar-refractivity contribution in [3.63, 3.8) is 0 Å². The Morgan fingerprint density at radius 3 is 2.95 bits per heavy atom. The van der Waals surface area contributed by atoms with Gasteiger partial charge in [-0.3, -0.25) is 9.82 Å². The molecule has 0 aliphatic carbocycles. The highest BCUT2D eigenvalue weighted by Gasteiger charge is 2.14. The Hall–Kier alpha value is -2.41. The lowest BCUT2D eigenvalue weighted by Crippen LogP contribution is -2.02. The van der Waals surface area contributed by atoms with Gasteiger partial charge < -0.3 is 5.11 Å². The average molecular weight is 276 g/mol. The average Bonchev–Trinajstić information content (AvgIpc) is 2.39. The van der Waals surface area contributed by atoms with Gasteiger partial charge in [0, 0.05) is 22.2 Å². The lowest BCUT2D eigenvalue weighted by atomic mass is 10.3. The smallest absolute Gasteiger partial charge is 0.370 e. The van der Waals surface area contributed by atoms with Crippen molar-refractivity contribution in [3.8, 4) is 5.75 Å². The number of pyridine rings is 1. The molecule has 6 nitrogen and oxygen atoms in total. The van der Waals surface area contributed by atoms with Crippen LogP contribution in [0.4, 0.5) is 0 Å². The molecule has 7 heteroatoms. The normalized spacial score (nSPS) is 9.89. The van der Waals surface area contributed by atoms with E-state index in [1.807, 2.05) is 0 Å². The Morgan fingerprint density at radius 1 is 1.37 bits per heavy atom. The van der Waals surface area contributed by atoms with E-state index < -0.39 is 5.97 Å². The minimum absolute atomic E-state index is 0.118. The Balaban J connectivity index is 2.30. The lowest BCUT2D eigenvalue weighted by molar-refractivity contribution is 0.0504. The van der Waals surface area contributed by atoms with Gasteiger partial charge in [0.25, 0.3) is 0 Å². The summed E-state index contributed by atoms with van der Waals surface area (Å²) in [7, 11) is 0. The van der Waals surface area contributed by atoms with Gasteiger partial charge in [-0.1, -0.05) is 17.8 Å². The Kier molecular flexibility index (Phi) is 4.09. The largest absolute Gasteiger partial charge is 0.508 e. The summed E-state index contributed by atoms with van der Waals surface area (Å²) >= 11 is 1.22. The maximum Gasteiger partial charge on any atom is 0.370 e. The van der Waals surface area contributed by atoms with Gasteiger partial charge in [0.2, 0.25) is 0 Å². The van der Waals surface area contributed by atoms with Crippen LogP contribution < -0.4 is 0 Å². The summed E-state index contributed by atoms with van der Waals surface area (Å²) in [4.78, 5) is 30.7. The summed E-state index contributed by atoms with van der Waals surface area (Å²) < 4.78 is 0. The summed E-state index contributed by atoms with van der Waals surface area (Å²) in [6.07, 6.45) is 2.88. The molecule has 0 atom stereocenters. The second-order valence-electron chi connectivity index (χ2n) is 3.42. The van der Waals surface area contributed by atoms with Crippen LogP contribution >= 0.6 is 11.8 Å². The number of phenolic OH excluding ortho intramolecular Hbond substituents is 1. The van der Waals surface area contributed by atoms with Crippen molar-refractivity contribution in [3.05, 3.63) is 53.2 Å². The monoisotopic (exact) mass is 276 g/mol. The van der Waals surface area contributed by atoms with Crippen molar-refractivity contribution in [1.29, 1.82) is 0 Å². The summed E-state index contributed by atoms with van der Waals surface area (Å²) in [5.74, 6) is -0.729. The number of aromatic hydroxyl groups is 1. The molecule has 19 heavy (non-hydrogen) atoms. The van der Waals surface area contributed by atoms with Crippen molar-refractivity contribution in [2.75, 3.05) is 0 Å². The van der Waals surface area contributed by atoms with Gasteiger partial charge in [-0.25, -0.2) is 4.79 Å². The van der Waals surface area contributed by atoms with Crippen LogP contribution in [-0.2, 0) is 4.84 Å². The summed E-state index contributed by atoms with van der Waals surface area (Å²) in [6.45, 7) is 0. The number of hydrogen-bond acceptors (Lipinski definition) is 7. The first-order valence-corrected chi connectivity index (χ1v) is 5.97. The molecule has 96 valence electrons. The van der Waals surface area contributed by atoms with Crippen LogP contribution in [0.2, 0.25) is 0 Å². The number of hydrogen-bond donors (Lipinski definition) is 1. The van der Waals surface area contributed by atoms with Crippen LogP contribution in [-0.4, -0.2) is 16.1 Å². The zero-order valence-corrected chi connectivity index (χ0v) is 10.3. The molecular weight excluding hydrogens is 268 g/mol. The van der Waals surface area contributed by atoms with Crippen molar-refractivity contribution in [2.24, 2.45) is 5.34 Å². The van der Waals surface area contributed by atoms with E-state index in [0.29, 0.717) is 4.90 Å². The highest BCUT2D eigenvalue weighted by atomic mass is 32.2. The van der Waals surface area contributed by atoms with Gasteiger partial charge in [0.05, 0.1) is 5.56 Å². The van der Waals surface area contributed by atoms with Gasteiger partial charge in [0.15, 0.2) is 5.34 Å². The third-order valence-electron chi connectivity index (χ3n) is 2.17. The number of aromatic nitrogens is 1. The molecule has 2 aromatic rings. The fourth-order valence-electron chi connectivity index (χ4n) is 1.39. The molecule has 1 N–H and O–H groups in total. The molecule has 0 saturated heterocycles. The topological polar surface area (TPSA) is 88.9 Å². The van der Waals surface area contributed by atoms with E-state index in [4.69, 9.17) is 0 Å². The van der Waals surface area contributed by atoms with E-state index >= 15 is 0 Å². The van der Waals surface area contributed by atoms with Crippen molar-refractivity contribution in [1.82, 2.24) is 4.98 Å². The molecule has 0 bridgehead atoms.